The third-order valence-electron chi connectivity index (χ3n) is 2.09. The van der Waals surface area contributed by atoms with Crippen molar-refractivity contribution >= 4 is 15.9 Å². The van der Waals surface area contributed by atoms with E-state index in [0.29, 0.717) is 5.82 Å². The normalized spacial score (nSPS) is 9.93. The summed E-state index contributed by atoms with van der Waals surface area (Å²) in [5.74, 6) is 0.350. The third kappa shape index (κ3) is 1.92. The zero-order valence-corrected chi connectivity index (χ0v) is 9.67. The van der Waals surface area contributed by atoms with Crippen molar-refractivity contribution in [1.29, 1.82) is 5.26 Å². The number of aromatic nitrogens is 2. The van der Waals surface area contributed by atoms with Crippen LogP contribution in [0.2, 0.25) is 0 Å². The number of nitrogens with zero attached hydrogens (tertiary/aromatic N) is 2. The maximum Gasteiger partial charge on any atom is 0.210 e. The topological polar surface area (TPSA) is 52.5 Å². The van der Waals surface area contributed by atoms with Gasteiger partial charge in [0.2, 0.25) is 5.82 Å². The van der Waals surface area contributed by atoms with Crippen molar-refractivity contribution in [2.75, 3.05) is 0 Å². The molecular weight excluding hydrogens is 254 g/mol. The van der Waals surface area contributed by atoms with Gasteiger partial charge in [-0.15, -0.1) is 0 Å². The molecule has 0 amide bonds. The van der Waals surface area contributed by atoms with Gasteiger partial charge in [0.1, 0.15) is 6.07 Å². The lowest BCUT2D eigenvalue weighted by molar-refractivity contribution is 1.20. The fourth-order valence-corrected chi connectivity index (χ4v) is 1.83. The summed E-state index contributed by atoms with van der Waals surface area (Å²) in [5, 5.41) is 8.72. The molecule has 15 heavy (non-hydrogen) atoms. The number of rotatable bonds is 1. The third-order valence-corrected chi connectivity index (χ3v) is 2.58. The van der Waals surface area contributed by atoms with Crippen LogP contribution in [-0.4, -0.2) is 9.97 Å². The quantitative estimate of drug-likeness (QED) is 0.858. The summed E-state index contributed by atoms with van der Waals surface area (Å²) in [6, 6.07) is 9.84. The van der Waals surface area contributed by atoms with Crippen LogP contribution in [0, 0.1) is 18.3 Å². The minimum Gasteiger partial charge on any atom is -0.333 e. The van der Waals surface area contributed by atoms with Gasteiger partial charge in [-0.25, -0.2) is 4.98 Å². The summed E-state index contributed by atoms with van der Waals surface area (Å²) in [6.45, 7) is 1.91. The van der Waals surface area contributed by atoms with Gasteiger partial charge in [-0.1, -0.05) is 28.1 Å². The summed E-state index contributed by atoms with van der Waals surface area (Å²) >= 11 is 3.40. The number of benzene rings is 1. The van der Waals surface area contributed by atoms with Gasteiger partial charge in [-0.3, -0.25) is 0 Å². The molecule has 0 fully saturated rings. The monoisotopic (exact) mass is 261 g/mol. The highest BCUT2D eigenvalue weighted by Crippen LogP contribution is 2.23. The number of halogens is 1. The average molecular weight is 262 g/mol. The SMILES string of the molecule is Cc1[nH]c(C#N)nc1-c1cccc(Br)c1. The van der Waals surface area contributed by atoms with E-state index in [1.54, 1.807) is 0 Å². The second-order valence-corrected chi connectivity index (χ2v) is 4.10. The minimum atomic E-state index is 0.350. The molecule has 1 aromatic heterocycles. The lowest BCUT2D eigenvalue weighted by Crippen LogP contribution is -1.80. The van der Waals surface area contributed by atoms with Crippen LogP contribution in [0.5, 0.6) is 0 Å². The molecule has 0 unspecified atom stereocenters. The largest absolute Gasteiger partial charge is 0.333 e. The number of imidazole rings is 1. The Bertz CT molecular complexity index is 537. The maximum absolute atomic E-state index is 8.72. The van der Waals surface area contributed by atoms with Gasteiger partial charge in [0.15, 0.2) is 0 Å². The number of nitriles is 1. The van der Waals surface area contributed by atoms with Crippen LogP contribution >= 0.6 is 15.9 Å². The fourth-order valence-electron chi connectivity index (χ4n) is 1.43. The van der Waals surface area contributed by atoms with Gasteiger partial charge < -0.3 is 4.98 Å². The number of aromatic amines is 1. The van der Waals surface area contributed by atoms with Crippen LogP contribution in [0.4, 0.5) is 0 Å². The molecule has 4 heteroatoms. The van der Waals surface area contributed by atoms with E-state index in [4.69, 9.17) is 5.26 Å². The minimum absolute atomic E-state index is 0.350. The summed E-state index contributed by atoms with van der Waals surface area (Å²) < 4.78 is 1.00. The Morgan fingerprint density at radius 2 is 2.27 bits per heavy atom. The molecule has 0 aliphatic rings. The highest BCUT2D eigenvalue weighted by molar-refractivity contribution is 9.10. The maximum atomic E-state index is 8.72. The second kappa shape index (κ2) is 3.87. The molecule has 0 spiro atoms. The Kier molecular flexibility index (Phi) is 2.57. The van der Waals surface area contributed by atoms with Crippen LogP contribution in [0.1, 0.15) is 11.5 Å². The molecule has 1 N–H and O–H groups in total. The molecule has 0 aliphatic carbocycles. The molecule has 0 atom stereocenters. The van der Waals surface area contributed by atoms with Gasteiger partial charge in [0.05, 0.1) is 5.69 Å². The highest BCUT2D eigenvalue weighted by atomic mass is 79.9. The number of nitrogens with one attached hydrogen (secondary N) is 1. The van der Waals surface area contributed by atoms with E-state index in [1.165, 1.54) is 0 Å². The van der Waals surface area contributed by atoms with E-state index >= 15 is 0 Å². The summed E-state index contributed by atoms with van der Waals surface area (Å²) in [4.78, 5) is 7.13. The van der Waals surface area contributed by atoms with E-state index in [2.05, 4.69) is 25.9 Å². The zero-order valence-electron chi connectivity index (χ0n) is 8.08. The molecule has 3 nitrogen and oxygen atoms in total. The van der Waals surface area contributed by atoms with Gasteiger partial charge in [0.25, 0.3) is 0 Å². The van der Waals surface area contributed by atoms with Crippen LogP contribution in [0.25, 0.3) is 11.3 Å². The Balaban J connectivity index is 2.54. The van der Waals surface area contributed by atoms with E-state index in [1.807, 2.05) is 37.3 Å². The van der Waals surface area contributed by atoms with Gasteiger partial charge in [-0.2, -0.15) is 5.26 Å². The number of hydrogen-bond donors (Lipinski definition) is 1. The Morgan fingerprint density at radius 1 is 1.47 bits per heavy atom. The van der Waals surface area contributed by atoms with Crippen LogP contribution in [0.3, 0.4) is 0 Å². The van der Waals surface area contributed by atoms with E-state index in [0.717, 1.165) is 21.4 Å². The van der Waals surface area contributed by atoms with Crippen LogP contribution in [0.15, 0.2) is 28.7 Å². The number of aryl methyl sites for hydroxylation is 1. The fraction of sp³-hybridized carbons (Fsp3) is 0.0909. The second-order valence-electron chi connectivity index (χ2n) is 3.18. The molecule has 2 aromatic rings. The van der Waals surface area contributed by atoms with Gasteiger partial charge in [0, 0.05) is 15.7 Å². The first-order valence-electron chi connectivity index (χ1n) is 4.43. The summed E-state index contributed by atoms with van der Waals surface area (Å²) in [5.41, 5.74) is 2.73. The predicted octanol–water partition coefficient (Wildman–Crippen LogP) is 3.02. The lowest BCUT2D eigenvalue weighted by atomic mass is 10.1. The first-order valence-corrected chi connectivity index (χ1v) is 5.22. The van der Waals surface area contributed by atoms with Crippen LogP contribution < -0.4 is 0 Å². The van der Waals surface area contributed by atoms with Gasteiger partial charge >= 0.3 is 0 Å². The molecule has 0 aliphatic heterocycles. The van der Waals surface area contributed by atoms with Crippen molar-refractivity contribution < 1.29 is 0 Å². The Hall–Kier alpha value is -1.60. The molecular formula is C11H8BrN3. The molecule has 0 radical (unpaired) electrons. The zero-order chi connectivity index (χ0) is 10.8. The first-order chi connectivity index (χ1) is 7.20. The molecule has 0 saturated heterocycles. The van der Waals surface area contributed by atoms with Crippen molar-refractivity contribution in [3.63, 3.8) is 0 Å². The molecule has 1 heterocycles. The average Bonchev–Trinajstić information content (AvgIpc) is 2.60. The predicted molar refractivity (Wildman–Crippen MR) is 61.2 cm³/mol. The van der Waals surface area contributed by atoms with E-state index in [-0.39, 0.29) is 0 Å². The smallest absolute Gasteiger partial charge is 0.210 e. The molecule has 1 aromatic carbocycles. The molecule has 2 rings (SSSR count). The molecule has 74 valence electrons. The first kappa shape index (κ1) is 9.94. The number of hydrogen-bond acceptors (Lipinski definition) is 2. The van der Waals surface area contributed by atoms with Gasteiger partial charge in [-0.05, 0) is 19.1 Å². The van der Waals surface area contributed by atoms with Crippen molar-refractivity contribution in [1.82, 2.24) is 9.97 Å². The van der Waals surface area contributed by atoms with Crippen molar-refractivity contribution in [2.45, 2.75) is 6.92 Å². The Morgan fingerprint density at radius 3 is 2.87 bits per heavy atom. The van der Waals surface area contributed by atoms with Crippen molar-refractivity contribution in [2.24, 2.45) is 0 Å². The molecule has 0 saturated carbocycles. The Labute approximate surface area is 95.9 Å². The van der Waals surface area contributed by atoms with Crippen LogP contribution in [-0.2, 0) is 0 Å². The van der Waals surface area contributed by atoms with Crippen molar-refractivity contribution in [3.05, 3.63) is 40.3 Å². The summed E-state index contributed by atoms with van der Waals surface area (Å²) in [7, 11) is 0. The standard InChI is InChI=1S/C11H8BrN3/c1-7-11(15-10(6-13)14-7)8-3-2-4-9(12)5-8/h2-5H,1H3,(H,14,15). The van der Waals surface area contributed by atoms with E-state index < -0.39 is 0 Å². The molecule has 0 bridgehead atoms. The lowest BCUT2D eigenvalue weighted by Gasteiger charge is -1.98. The number of H-pyrrole nitrogens is 1. The highest BCUT2D eigenvalue weighted by Gasteiger charge is 2.08. The van der Waals surface area contributed by atoms with Crippen molar-refractivity contribution in [3.8, 4) is 17.3 Å². The van der Waals surface area contributed by atoms with E-state index in [9.17, 15) is 0 Å². The summed E-state index contributed by atoms with van der Waals surface area (Å²) in [6.07, 6.45) is 0.